The summed E-state index contributed by atoms with van der Waals surface area (Å²) < 4.78 is 2.24. The zero-order valence-corrected chi connectivity index (χ0v) is 18.1. The van der Waals surface area contributed by atoms with Gasteiger partial charge in [-0.3, -0.25) is 4.57 Å². The molecule has 0 N–H and O–H groups in total. The van der Waals surface area contributed by atoms with Crippen molar-refractivity contribution >= 4 is 35.0 Å². The van der Waals surface area contributed by atoms with Crippen molar-refractivity contribution in [3.8, 4) is 17.5 Å². The van der Waals surface area contributed by atoms with Gasteiger partial charge in [-0.25, -0.2) is 0 Å². The van der Waals surface area contributed by atoms with E-state index in [0.717, 1.165) is 34.9 Å². The molecule has 1 heterocycles. The Morgan fingerprint density at radius 1 is 1.07 bits per heavy atom. The minimum Gasteiger partial charge on any atom is -0.299 e. The van der Waals surface area contributed by atoms with Crippen molar-refractivity contribution in [1.82, 2.24) is 14.8 Å². The maximum absolute atomic E-state index is 9.36. The number of nitrogens with zero attached hydrogens (tertiary/aromatic N) is 4. The van der Waals surface area contributed by atoms with E-state index in [1.807, 2.05) is 36.4 Å². The van der Waals surface area contributed by atoms with E-state index >= 15 is 0 Å². The zero-order valence-electron chi connectivity index (χ0n) is 15.8. The van der Waals surface area contributed by atoms with Crippen LogP contribution < -0.4 is 0 Å². The molecule has 0 amide bonds. The van der Waals surface area contributed by atoms with Crippen molar-refractivity contribution in [2.24, 2.45) is 0 Å². The van der Waals surface area contributed by atoms with E-state index in [4.69, 9.17) is 23.2 Å². The molecule has 2 aromatic carbocycles. The highest BCUT2D eigenvalue weighted by atomic mass is 35.5. The predicted octanol–water partition coefficient (Wildman–Crippen LogP) is 6.92. The van der Waals surface area contributed by atoms with E-state index in [9.17, 15) is 5.26 Å². The Labute approximate surface area is 184 Å². The van der Waals surface area contributed by atoms with Crippen LogP contribution >= 0.6 is 35.0 Å². The molecule has 4 rings (SSSR count). The first-order valence-electron chi connectivity index (χ1n) is 9.68. The number of halogens is 2. The fourth-order valence-electron chi connectivity index (χ4n) is 3.80. The van der Waals surface area contributed by atoms with Crippen molar-refractivity contribution in [3.63, 3.8) is 0 Å². The molecule has 4 nitrogen and oxygen atoms in total. The van der Waals surface area contributed by atoms with Gasteiger partial charge in [0.15, 0.2) is 11.0 Å². The number of thioether (sulfide) groups is 1. The summed E-state index contributed by atoms with van der Waals surface area (Å²) in [5, 5.41) is 20.4. The number of aromatic nitrogens is 3. The Kier molecular flexibility index (Phi) is 6.44. The molecule has 0 aliphatic heterocycles. The molecule has 0 spiro atoms. The van der Waals surface area contributed by atoms with Crippen LogP contribution in [-0.4, -0.2) is 14.8 Å². The van der Waals surface area contributed by atoms with E-state index in [2.05, 4.69) is 20.8 Å². The van der Waals surface area contributed by atoms with Crippen molar-refractivity contribution in [3.05, 3.63) is 63.6 Å². The van der Waals surface area contributed by atoms with Gasteiger partial charge in [0, 0.05) is 22.4 Å². The van der Waals surface area contributed by atoms with Gasteiger partial charge < -0.3 is 0 Å². The van der Waals surface area contributed by atoms with Gasteiger partial charge in [-0.1, -0.05) is 72.4 Å². The lowest BCUT2D eigenvalue weighted by atomic mass is 9.95. The van der Waals surface area contributed by atoms with Gasteiger partial charge in [-0.2, -0.15) is 5.26 Å². The second-order valence-electron chi connectivity index (χ2n) is 7.15. The zero-order chi connectivity index (χ0) is 20.2. The van der Waals surface area contributed by atoms with Gasteiger partial charge in [-0.05, 0) is 42.7 Å². The van der Waals surface area contributed by atoms with Crippen molar-refractivity contribution < 1.29 is 0 Å². The summed E-state index contributed by atoms with van der Waals surface area (Å²) in [5.41, 5.74) is 2.55. The summed E-state index contributed by atoms with van der Waals surface area (Å²) in [7, 11) is 0. The van der Waals surface area contributed by atoms with Crippen molar-refractivity contribution in [2.45, 2.75) is 49.1 Å². The third kappa shape index (κ3) is 4.45. The molecule has 7 heteroatoms. The smallest absolute Gasteiger partial charge is 0.192 e. The van der Waals surface area contributed by atoms with Gasteiger partial charge in [0.2, 0.25) is 0 Å². The molecule has 0 bridgehead atoms. The van der Waals surface area contributed by atoms with E-state index in [0.29, 0.717) is 27.4 Å². The molecule has 0 atom stereocenters. The summed E-state index contributed by atoms with van der Waals surface area (Å²) in [5.74, 6) is 1.46. The topological polar surface area (TPSA) is 54.5 Å². The highest BCUT2D eigenvalue weighted by molar-refractivity contribution is 7.98. The van der Waals surface area contributed by atoms with Crippen LogP contribution in [-0.2, 0) is 5.75 Å². The van der Waals surface area contributed by atoms with Gasteiger partial charge >= 0.3 is 0 Å². The Bertz CT molecular complexity index is 1050. The molecule has 1 fully saturated rings. The first kappa shape index (κ1) is 20.3. The molecule has 1 aliphatic rings. The third-order valence-corrected chi connectivity index (χ3v) is 6.81. The fourth-order valence-corrected chi connectivity index (χ4v) is 5.30. The normalized spacial score (nSPS) is 14.7. The molecule has 0 radical (unpaired) electrons. The standard InChI is InChI=1S/C22H20Cl2N4S/c23-17-10-11-19(20(24)12-17)21-26-27-22(28(21)18-8-2-1-3-9-18)29-14-16-7-5-4-6-15(16)13-25/h4-7,10-12,18H,1-3,8-9,14H2. The summed E-state index contributed by atoms with van der Waals surface area (Å²) in [6, 6.07) is 15.8. The highest BCUT2D eigenvalue weighted by Crippen LogP contribution is 2.38. The number of benzene rings is 2. The Hall–Kier alpha value is -2.00. The van der Waals surface area contributed by atoms with Crippen LogP contribution in [0.2, 0.25) is 10.0 Å². The Morgan fingerprint density at radius 2 is 1.86 bits per heavy atom. The third-order valence-electron chi connectivity index (χ3n) is 5.27. The number of hydrogen-bond donors (Lipinski definition) is 0. The van der Waals surface area contributed by atoms with Crippen LogP contribution in [0, 0.1) is 11.3 Å². The molecular weight excluding hydrogens is 423 g/mol. The van der Waals surface area contributed by atoms with Crippen LogP contribution in [0.5, 0.6) is 0 Å². The van der Waals surface area contributed by atoms with Crippen LogP contribution in [0.1, 0.15) is 49.3 Å². The lowest BCUT2D eigenvalue weighted by Gasteiger charge is -2.25. The summed E-state index contributed by atoms with van der Waals surface area (Å²) >= 11 is 14.2. The van der Waals surface area contributed by atoms with E-state index in [1.165, 1.54) is 19.3 Å². The van der Waals surface area contributed by atoms with Crippen LogP contribution in [0.4, 0.5) is 0 Å². The second kappa shape index (κ2) is 9.21. The highest BCUT2D eigenvalue weighted by Gasteiger charge is 2.25. The molecule has 1 saturated carbocycles. The minimum absolute atomic E-state index is 0.356. The Balaban J connectivity index is 1.70. The van der Waals surface area contributed by atoms with E-state index in [-0.39, 0.29) is 0 Å². The van der Waals surface area contributed by atoms with E-state index < -0.39 is 0 Å². The lowest BCUT2D eigenvalue weighted by molar-refractivity contribution is 0.339. The van der Waals surface area contributed by atoms with Gasteiger partial charge in [0.05, 0.1) is 16.7 Å². The molecule has 1 aromatic heterocycles. The molecule has 3 aromatic rings. The monoisotopic (exact) mass is 442 g/mol. The average Bonchev–Trinajstić information content (AvgIpc) is 3.16. The van der Waals surface area contributed by atoms with Gasteiger partial charge in [-0.15, -0.1) is 10.2 Å². The second-order valence-corrected chi connectivity index (χ2v) is 8.94. The number of rotatable bonds is 5. The Morgan fingerprint density at radius 3 is 2.62 bits per heavy atom. The quantitative estimate of drug-likeness (QED) is 0.402. The summed E-state index contributed by atoms with van der Waals surface area (Å²) in [6.45, 7) is 0. The molecule has 29 heavy (non-hydrogen) atoms. The lowest BCUT2D eigenvalue weighted by Crippen LogP contribution is -2.15. The maximum Gasteiger partial charge on any atom is 0.192 e. The largest absolute Gasteiger partial charge is 0.299 e. The molecule has 148 valence electrons. The summed E-state index contributed by atoms with van der Waals surface area (Å²) in [4.78, 5) is 0. The van der Waals surface area contributed by atoms with Gasteiger partial charge in [0.25, 0.3) is 0 Å². The first-order chi connectivity index (χ1) is 14.2. The molecular formula is C22H20Cl2N4S. The van der Waals surface area contributed by atoms with Gasteiger partial charge in [0.1, 0.15) is 0 Å². The van der Waals surface area contributed by atoms with Crippen LogP contribution in [0.25, 0.3) is 11.4 Å². The molecule has 0 unspecified atom stereocenters. The number of nitriles is 1. The average molecular weight is 443 g/mol. The number of hydrogen-bond acceptors (Lipinski definition) is 4. The summed E-state index contributed by atoms with van der Waals surface area (Å²) in [6.07, 6.45) is 5.90. The fraction of sp³-hybridized carbons (Fsp3) is 0.318. The van der Waals surface area contributed by atoms with E-state index in [1.54, 1.807) is 17.8 Å². The van der Waals surface area contributed by atoms with Crippen LogP contribution in [0.15, 0.2) is 47.6 Å². The minimum atomic E-state index is 0.356. The first-order valence-corrected chi connectivity index (χ1v) is 11.4. The van der Waals surface area contributed by atoms with Crippen molar-refractivity contribution in [1.29, 1.82) is 5.26 Å². The molecule has 0 saturated heterocycles. The predicted molar refractivity (Wildman–Crippen MR) is 118 cm³/mol. The van der Waals surface area contributed by atoms with Crippen LogP contribution in [0.3, 0.4) is 0 Å². The maximum atomic E-state index is 9.36. The SMILES string of the molecule is N#Cc1ccccc1CSc1nnc(-c2ccc(Cl)cc2Cl)n1C1CCCCC1. The molecule has 1 aliphatic carbocycles. The van der Waals surface area contributed by atoms with Crippen molar-refractivity contribution in [2.75, 3.05) is 0 Å².